The van der Waals surface area contributed by atoms with Crippen LogP contribution < -0.4 is 5.32 Å². The molecule has 0 saturated heterocycles. The summed E-state index contributed by atoms with van der Waals surface area (Å²) in [6.45, 7) is 5.13. The number of nitrogens with one attached hydrogen (secondary N) is 1. The van der Waals surface area contributed by atoms with E-state index in [4.69, 9.17) is 0 Å². The van der Waals surface area contributed by atoms with Gasteiger partial charge in [0.1, 0.15) is 11.2 Å². The lowest BCUT2D eigenvalue weighted by molar-refractivity contribution is -0.133. The van der Waals surface area contributed by atoms with Crippen LogP contribution in [0.15, 0.2) is 42.5 Å². The fourth-order valence-electron chi connectivity index (χ4n) is 5.56. The Labute approximate surface area is 206 Å². The fourth-order valence-corrected chi connectivity index (χ4v) is 6.60. The topological polar surface area (TPSA) is 54.3 Å². The molecule has 0 unspecified atom stereocenters. The monoisotopic (exact) mass is 477 g/mol. The molecule has 180 valence electrons. The number of benzene rings is 1. The number of hydrogen-bond donors (Lipinski definition) is 1. The standard InChI is InChI=1S/C28H35N3O2S/c1-3-22-17-23-25(34-22)18-24-26(32)31(16-15-20-11-7-6-8-12-20)28(2,19-30(23)24)27(33)29-21-13-9-4-5-10-14-21/h6-8,11-12,17-18,21H,3-5,9-10,13-16,19H2,1-2H3,(H,29,33)/t28-/m0/s1. The molecule has 0 radical (unpaired) electrons. The summed E-state index contributed by atoms with van der Waals surface area (Å²) in [4.78, 5) is 30.9. The number of nitrogens with zero attached hydrogens (tertiary/aromatic N) is 2. The van der Waals surface area contributed by atoms with Gasteiger partial charge < -0.3 is 14.8 Å². The highest BCUT2D eigenvalue weighted by Crippen LogP contribution is 2.36. The average molecular weight is 478 g/mol. The largest absolute Gasteiger partial charge is 0.351 e. The Bertz CT molecular complexity index is 1170. The molecule has 1 aliphatic carbocycles. The quantitative estimate of drug-likeness (QED) is 0.473. The summed E-state index contributed by atoms with van der Waals surface area (Å²) in [5, 5.41) is 3.36. The van der Waals surface area contributed by atoms with Crippen molar-refractivity contribution in [2.24, 2.45) is 0 Å². The fraction of sp³-hybridized carbons (Fsp3) is 0.500. The third-order valence-corrected chi connectivity index (χ3v) is 8.88. The van der Waals surface area contributed by atoms with Crippen LogP contribution in [0.25, 0.3) is 10.2 Å². The Balaban J connectivity index is 1.48. The minimum absolute atomic E-state index is 0.0146. The zero-order valence-corrected chi connectivity index (χ0v) is 21.1. The van der Waals surface area contributed by atoms with Gasteiger partial charge in [-0.25, -0.2) is 0 Å². The minimum Gasteiger partial charge on any atom is -0.351 e. The van der Waals surface area contributed by atoms with Crippen molar-refractivity contribution in [1.82, 2.24) is 14.8 Å². The van der Waals surface area contributed by atoms with Gasteiger partial charge in [0, 0.05) is 17.5 Å². The van der Waals surface area contributed by atoms with Crippen molar-refractivity contribution < 1.29 is 9.59 Å². The van der Waals surface area contributed by atoms with Crippen molar-refractivity contribution in [3.05, 3.63) is 58.6 Å². The van der Waals surface area contributed by atoms with Crippen LogP contribution in [-0.4, -0.2) is 39.4 Å². The number of hydrogen-bond acceptors (Lipinski definition) is 3. The van der Waals surface area contributed by atoms with E-state index in [2.05, 4.69) is 35.0 Å². The first-order chi connectivity index (χ1) is 16.5. The predicted molar refractivity (Wildman–Crippen MR) is 138 cm³/mol. The number of carbonyl (C=O) groups excluding carboxylic acids is 2. The van der Waals surface area contributed by atoms with Crippen LogP contribution in [0.4, 0.5) is 0 Å². The molecule has 1 fully saturated rings. The molecule has 1 saturated carbocycles. The van der Waals surface area contributed by atoms with Crippen molar-refractivity contribution in [2.75, 3.05) is 6.54 Å². The van der Waals surface area contributed by atoms with Crippen LogP contribution in [0.2, 0.25) is 0 Å². The Morgan fingerprint density at radius 2 is 1.85 bits per heavy atom. The Morgan fingerprint density at radius 1 is 1.12 bits per heavy atom. The molecule has 3 heterocycles. The molecule has 0 spiro atoms. The Morgan fingerprint density at radius 3 is 2.56 bits per heavy atom. The summed E-state index contributed by atoms with van der Waals surface area (Å²) in [7, 11) is 0. The molecule has 2 amide bonds. The van der Waals surface area contributed by atoms with E-state index in [1.165, 1.54) is 23.3 Å². The molecular weight excluding hydrogens is 442 g/mol. The lowest BCUT2D eigenvalue weighted by atomic mass is 9.93. The molecule has 6 heteroatoms. The molecule has 2 aliphatic rings. The molecule has 1 aromatic carbocycles. The number of rotatable bonds is 6. The number of thiophene rings is 1. The molecular formula is C28H35N3O2S. The Hall–Kier alpha value is -2.60. The van der Waals surface area contributed by atoms with Crippen LogP contribution in [0, 0.1) is 0 Å². The minimum atomic E-state index is -0.925. The molecule has 3 aromatic rings. The smallest absolute Gasteiger partial charge is 0.271 e. The molecule has 5 rings (SSSR count). The van der Waals surface area contributed by atoms with Gasteiger partial charge in [-0.2, -0.15) is 0 Å². The van der Waals surface area contributed by atoms with Crippen molar-refractivity contribution in [2.45, 2.75) is 83.3 Å². The van der Waals surface area contributed by atoms with E-state index in [0.717, 1.165) is 48.7 Å². The third kappa shape index (κ3) is 4.28. The molecule has 34 heavy (non-hydrogen) atoms. The van der Waals surface area contributed by atoms with Gasteiger partial charge in [-0.05, 0) is 50.3 Å². The number of amides is 2. The van der Waals surface area contributed by atoms with Crippen LogP contribution >= 0.6 is 11.3 Å². The average Bonchev–Trinajstić information content (AvgIpc) is 3.28. The lowest BCUT2D eigenvalue weighted by Gasteiger charge is -2.44. The van der Waals surface area contributed by atoms with Crippen LogP contribution in [0.5, 0.6) is 0 Å². The van der Waals surface area contributed by atoms with E-state index >= 15 is 0 Å². The van der Waals surface area contributed by atoms with E-state index in [0.29, 0.717) is 18.8 Å². The molecule has 1 aliphatic heterocycles. The van der Waals surface area contributed by atoms with Crippen molar-refractivity contribution in [3.8, 4) is 0 Å². The summed E-state index contributed by atoms with van der Waals surface area (Å²) in [6, 6.07) is 14.7. The van der Waals surface area contributed by atoms with Gasteiger partial charge in [-0.3, -0.25) is 9.59 Å². The first-order valence-corrected chi connectivity index (χ1v) is 13.6. The highest BCUT2D eigenvalue weighted by Gasteiger charge is 2.48. The van der Waals surface area contributed by atoms with E-state index in [-0.39, 0.29) is 17.9 Å². The third-order valence-electron chi connectivity index (χ3n) is 7.66. The number of carbonyl (C=O) groups is 2. The SMILES string of the molecule is CCc1cc2c(cc3n2C[C@@](C)(C(=O)NC2CCCCCC2)N(CCc2ccccc2)C3=O)s1. The van der Waals surface area contributed by atoms with Gasteiger partial charge in [-0.1, -0.05) is 62.9 Å². The van der Waals surface area contributed by atoms with Gasteiger partial charge in [0.25, 0.3) is 5.91 Å². The maximum atomic E-state index is 13.9. The van der Waals surface area contributed by atoms with Crippen LogP contribution in [0.1, 0.15) is 73.3 Å². The van der Waals surface area contributed by atoms with Gasteiger partial charge in [-0.15, -0.1) is 11.3 Å². The second-order valence-corrected chi connectivity index (χ2v) is 11.2. The highest BCUT2D eigenvalue weighted by molar-refractivity contribution is 7.19. The molecule has 5 nitrogen and oxygen atoms in total. The zero-order chi connectivity index (χ0) is 23.7. The van der Waals surface area contributed by atoms with E-state index in [1.807, 2.05) is 36.1 Å². The maximum absolute atomic E-state index is 13.9. The van der Waals surface area contributed by atoms with Gasteiger partial charge in [0.15, 0.2) is 0 Å². The molecule has 2 aromatic heterocycles. The zero-order valence-electron chi connectivity index (χ0n) is 20.3. The number of fused-ring (bicyclic) bond motifs is 3. The maximum Gasteiger partial charge on any atom is 0.271 e. The summed E-state index contributed by atoms with van der Waals surface area (Å²) < 4.78 is 3.23. The van der Waals surface area contributed by atoms with Crippen LogP contribution in [0.3, 0.4) is 0 Å². The van der Waals surface area contributed by atoms with Crippen molar-refractivity contribution in [1.29, 1.82) is 0 Å². The first-order valence-electron chi connectivity index (χ1n) is 12.8. The molecule has 1 atom stereocenters. The summed E-state index contributed by atoms with van der Waals surface area (Å²) in [5.41, 5.74) is 2.04. The normalized spacial score (nSPS) is 21.5. The van der Waals surface area contributed by atoms with E-state index in [9.17, 15) is 9.59 Å². The number of aryl methyl sites for hydroxylation is 1. The van der Waals surface area contributed by atoms with Gasteiger partial charge in [0.05, 0.1) is 16.8 Å². The second kappa shape index (κ2) is 9.57. The summed E-state index contributed by atoms with van der Waals surface area (Å²) in [6.07, 6.45) is 8.58. The first kappa shape index (κ1) is 23.2. The van der Waals surface area contributed by atoms with Crippen LogP contribution in [-0.2, 0) is 24.2 Å². The van der Waals surface area contributed by atoms with E-state index < -0.39 is 5.54 Å². The van der Waals surface area contributed by atoms with Gasteiger partial charge in [0.2, 0.25) is 5.91 Å². The molecule has 0 bridgehead atoms. The van der Waals surface area contributed by atoms with Crippen molar-refractivity contribution in [3.63, 3.8) is 0 Å². The second-order valence-electron chi connectivity index (χ2n) is 10.1. The predicted octanol–water partition coefficient (Wildman–Crippen LogP) is 5.56. The van der Waals surface area contributed by atoms with Gasteiger partial charge >= 0.3 is 0 Å². The molecule has 1 N–H and O–H groups in total. The lowest BCUT2D eigenvalue weighted by Crippen LogP contribution is -2.65. The number of aromatic nitrogens is 1. The Kier molecular flexibility index (Phi) is 6.52. The van der Waals surface area contributed by atoms with E-state index in [1.54, 1.807) is 11.3 Å². The van der Waals surface area contributed by atoms with Crippen molar-refractivity contribution >= 4 is 33.4 Å². The summed E-state index contributed by atoms with van der Waals surface area (Å²) in [5.74, 6) is -0.0543. The highest BCUT2D eigenvalue weighted by atomic mass is 32.1. The summed E-state index contributed by atoms with van der Waals surface area (Å²) >= 11 is 1.75.